The zero-order chi connectivity index (χ0) is 20.4. The number of rotatable bonds is 3. The maximum absolute atomic E-state index is 5.63. The van der Waals surface area contributed by atoms with E-state index in [1.54, 1.807) is 0 Å². The van der Waals surface area contributed by atoms with Crippen LogP contribution in [0.25, 0.3) is 16.6 Å². The third-order valence-corrected chi connectivity index (χ3v) is 5.23. The minimum atomic E-state index is -0.523. The summed E-state index contributed by atoms with van der Waals surface area (Å²) in [5.41, 5.74) is 3.17. The molecule has 0 amide bonds. The SMILES string of the molecule is CC(C)OB1OC(C)(C)C(C)(C)O1.c1ccc(-c2cc3ccccn3c2)cc1. The Balaban J connectivity index is 0.000000163. The summed E-state index contributed by atoms with van der Waals surface area (Å²) >= 11 is 0. The molecule has 0 saturated carbocycles. The molecule has 1 aromatic carbocycles. The van der Waals surface area contributed by atoms with Gasteiger partial charge in [-0.3, -0.25) is 0 Å². The molecule has 148 valence electrons. The van der Waals surface area contributed by atoms with Crippen LogP contribution in [-0.4, -0.2) is 29.0 Å². The highest BCUT2D eigenvalue weighted by atomic mass is 16.8. The fraction of sp³-hybridized carbons (Fsp3) is 0.391. The Morgan fingerprint density at radius 3 is 2.04 bits per heavy atom. The monoisotopic (exact) mass is 379 g/mol. The van der Waals surface area contributed by atoms with Crippen molar-refractivity contribution in [3.8, 4) is 11.1 Å². The lowest BCUT2D eigenvalue weighted by Crippen LogP contribution is -2.41. The average Bonchev–Trinajstić information content (AvgIpc) is 3.13. The summed E-state index contributed by atoms with van der Waals surface area (Å²) < 4.78 is 18.8. The lowest BCUT2D eigenvalue weighted by Gasteiger charge is -2.31. The van der Waals surface area contributed by atoms with Crippen molar-refractivity contribution >= 4 is 12.8 Å². The number of benzene rings is 1. The van der Waals surface area contributed by atoms with Crippen LogP contribution in [0.3, 0.4) is 0 Å². The van der Waals surface area contributed by atoms with Crippen molar-refractivity contribution in [2.24, 2.45) is 0 Å². The van der Waals surface area contributed by atoms with Crippen molar-refractivity contribution in [3.05, 3.63) is 67.0 Å². The smallest absolute Gasteiger partial charge is 0.384 e. The van der Waals surface area contributed by atoms with E-state index in [2.05, 4.69) is 59.3 Å². The molecular weight excluding hydrogens is 349 g/mol. The first-order chi connectivity index (χ1) is 13.2. The van der Waals surface area contributed by atoms with E-state index >= 15 is 0 Å². The van der Waals surface area contributed by atoms with Gasteiger partial charge in [-0.05, 0) is 65.3 Å². The Morgan fingerprint density at radius 2 is 1.46 bits per heavy atom. The molecule has 2 aromatic heterocycles. The first-order valence-corrected chi connectivity index (χ1v) is 9.81. The standard InChI is InChI=1S/C14H11N.C9H19BO3/c1-2-6-12(7-3-1)13-10-14-8-4-5-9-15(14)11-13;1-7(2)11-10-12-8(3,4)9(5,6)13-10/h1-11H;7H,1-6H3. The fourth-order valence-corrected chi connectivity index (χ4v) is 2.91. The summed E-state index contributed by atoms with van der Waals surface area (Å²) in [5, 5.41) is 0. The van der Waals surface area contributed by atoms with E-state index in [1.165, 1.54) is 16.6 Å². The molecule has 1 fully saturated rings. The Morgan fingerprint density at radius 1 is 0.857 bits per heavy atom. The summed E-state index contributed by atoms with van der Waals surface area (Å²) in [6.07, 6.45) is 4.35. The molecule has 0 atom stereocenters. The molecule has 28 heavy (non-hydrogen) atoms. The zero-order valence-electron chi connectivity index (χ0n) is 17.7. The van der Waals surface area contributed by atoms with Gasteiger partial charge in [-0.2, -0.15) is 0 Å². The van der Waals surface area contributed by atoms with Gasteiger partial charge >= 0.3 is 7.32 Å². The van der Waals surface area contributed by atoms with Gasteiger partial charge in [0.1, 0.15) is 0 Å². The molecule has 0 bridgehead atoms. The molecule has 1 saturated heterocycles. The zero-order valence-corrected chi connectivity index (χ0v) is 17.7. The molecule has 0 aliphatic carbocycles. The summed E-state index contributed by atoms with van der Waals surface area (Å²) in [6, 6.07) is 18.9. The molecule has 0 unspecified atom stereocenters. The van der Waals surface area contributed by atoms with Crippen molar-refractivity contribution in [2.45, 2.75) is 58.8 Å². The predicted molar refractivity (Wildman–Crippen MR) is 115 cm³/mol. The maximum Gasteiger partial charge on any atom is 0.640 e. The van der Waals surface area contributed by atoms with Gasteiger partial charge in [0.25, 0.3) is 0 Å². The number of nitrogens with zero attached hydrogens (tertiary/aromatic N) is 1. The van der Waals surface area contributed by atoms with Crippen molar-refractivity contribution in [2.75, 3.05) is 0 Å². The highest BCUT2D eigenvalue weighted by Gasteiger charge is 2.53. The molecule has 3 heterocycles. The topological polar surface area (TPSA) is 32.1 Å². The van der Waals surface area contributed by atoms with Gasteiger partial charge in [-0.15, -0.1) is 0 Å². The van der Waals surface area contributed by atoms with Crippen molar-refractivity contribution in [3.63, 3.8) is 0 Å². The second-order valence-electron chi connectivity index (χ2n) is 8.36. The van der Waals surface area contributed by atoms with Crippen LogP contribution < -0.4 is 0 Å². The lowest BCUT2D eigenvalue weighted by molar-refractivity contribution is 0.00578. The first-order valence-electron chi connectivity index (χ1n) is 9.81. The molecule has 0 radical (unpaired) electrons. The van der Waals surface area contributed by atoms with Gasteiger partial charge in [0.2, 0.25) is 0 Å². The Kier molecular flexibility index (Phi) is 5.99. The fourth-order valence-electron chi connectivity index (χ4n) is 2.91. The van der Waals surface area contributed by atoms with Crippen LogP contribution in [0.2, 0.25) is 0 Å². The largest absolute Gasteiger partial charge is 0.640 e. The summed E-state index contributed by atoms with van der Waals surface area (Å²) in [7, 11) is -0.523. The van der Waals surface area contributed by atoms with Crippen molar-refractivity contribution in [1.82, 2.24) is 4.40 Å². The molecule has 0 spiro atoms. The molecule has 5 heteroatoms. The van der Waals surface area contributed by atoms with Gasteiger partial charge in [-0.1, -0.05) is 36.4 Å². The van der Waals surface area contributed by atoms with Gasteiger partial charge in [-0.25, -0.2) is 0 Å². The van der Waals surface area contributed by atoms with Crippen LogP contribution in [-0.2, 0) is 14.0 Å². The average molecular weight is 379 g/mol. The van der Waals surface area contributed by atoms with E-state index in [9.17, 15) is 0 Å². The number of fused-ring (bicyclic) bond motifs is 1. The minimum Gasteiger partial charge on any atom is -0.384 e. The van der Waals surface area contributed by atoms with Gasteiger partial charge in [0, 0.05) is 29.6 Å². The molecule has 0 N–H and O–H groups in total. The maximum atomic E-state index is 5.63. The number of hydrogen-bond donors (Lipinski definition) is 0. The van der Waals surface area contributed by atoms with Gasteiger partial charge < -0.3 is 18.4 Å². The van der Waals surface area contributed by atoms with Crippen LogP contribution in [0.1, 0.15) is 41.5 Å². The molecule has 4 nitrogen and oxygen atoms in total. The van der Waals surface area contributed by atoms with Gasteiger partial charge in [0.05, 0.1) is 11.2 Å². The molecular formula is C23H30BNO3. The van der Waals surface area contributed by atoms with E-state index in [1.807, 2.05) is 53.7 Å². The van der Waals surface area contributed by atoms with Crippen LogP contribution in [0.4, 0.5) is 0 Å². The molecule has 1 aliphatic heterocycles. The van der Waals surface area contributed by atoms with E-state index in [-0.39, 0.29) is 17.3 Å². The number of pyridine rings is 1. The second kappa shape index (κ2) is 8.12. The molecule has 4 rings (SSSR count). The van der Waals surface area contributed by atoms with E-state index < -0.39 is 7.32 Å². The molecule has 1 aliphatic rings. The van der Waals surface area contributed by atoms with E-state index in [0.717, 1.165) is 0 Å². The van der Waals surface area contributed by atoms with Gasteiger partial charge in [0.15, 0.2) is 0 Å². The van der Waals surface area contributed by atoms with E-state index in [4.69, 9.17) is 14.0 Å². The van der Waals surface area contributed by atoms with Crippen LogP contribution in [0.5, 0.6) is 0 Å². The number of hydrogen-bond acceptors (Lipinski definition) is 3. The predicted octanol–water partition coefficient (Wildman–Crippen LogP) is 5.61. The number of aromatic nitrogens is 1. The highest BCUT2D eigenvalue weighted by molar-refractivity contribution is 6.37. The third-order valence-electron chi connectivity index (χ3n) is 5.23. The summed E-state index contributed by atoms with van der Waals surface area (Å²) in [4.78, 5) is 0. The van der Waals surface area contributed by atoms with Crippen LogP contribution >= 0.6 is 0 Å². The Labute approximate surface area is 168 Å². The Bertz CT molecular complexity index is 853. The highest BCUT2D eigenvalue weighted by Crippen LogP contribution is 2.37. The Hall–Kier alpha value is -2.08. The third kappa shape index (κ3) is 4.66. The van der Waals surface area contributed by atoms with Crippen LogP contribution in [0.15, 0.2) is 67.0 Å². The first kappa shape index (κ1) is 20.7. The second-order valence-corrected chi connectivity index (χ2v) is 8.36. The summed E-state index contributed by atoms with van der Waals surface area (Å²) in [6.45, 7) is 12.0. The quantitative estimate of drug-likeness (QED) is 0.555. The van der Waals surface area contributed by atoms with Crippen molar-refractivity contribution in [1.29, 1.82) is 0 Å². The minimum absolute atomic E-state index is 0.120. The normalized spacial score (nSPS) is 17.6. The van der Waals surface area contributed by atoms with Crippen LogP contribution in [0, 0.1) is 0 Å². The molecule has 3 aromatic rings. The lowest BCUT2D eigenvalue weighted by atomic mass is 9.90. The summed E-state index contributed by atoms with van der Waals surface area (Å²) in [5.74, 6) is 0. The van der Waals surface area contributed by atoms with Crippen molar-refractivity contribution < 1.29 is 14.0 Å². The van der Waals surface area contributed by atoms with E-state index in [0.29, 0.717) is 0 Å².